The van der Waals surface area contributed by atoms with E-state index in [1.54, 1.807) is 0 Å². The number of carbonyl (C=O) groups is 1. The number of allylic oxidation sites excluding steroid dienone is 1. The van der Waals surface area contributed by atoms with E-state index in [1.807, 2.05) is 30.3 Å². The molecular weight excluding hydrogens is 242 g/mol. The minimum Gasteiger partial charge on any atom is -0.481 e. The molecule has 1 saturated carbocycles. The highest BCUT2D eigenvalue weighted by molar-refractivity contribution is 5.78. The summed E-state index contributed by atoms with van der Waals surface area (Å²) in [5.41, 5.74) is 1.38. The second-order valence-electron chi connectivity index (χ2n) is 5.14. The highest BCUT2D eigenvalue weighted by Gasteiger charge is 2.46. The van der Waals surface area contributed by atoms with E-state index in [4.69, 9.17) is 5.11 Å². The monoisotopic (exact) mass is 257 g/mol. The van der Waals surface area contributed by atoms with E-state index >= 15 is 0 Å². The van der Waals surface area contributed by atoms with Gasteiger partial charge in [-0.3, -0.25) is 4.79 Å². The molecule has 5 nitrogen and oxygen atoms in total. The van der Waals surface area contributed by atoms with Gasteiger partial charge in [0.05, 0.1) is 5.41 Å². The number of nitrogens with one attached hydrogen (secondary N) is 1. The molecule has 1 aromatic heterocycles. The molecule has 0 saturated heterocycles. The van der Waals surface area contributed by atoms with E-state index in [9.17, 15) is 4.79 Å². The summed E-state index contributed by atoms with van der Waals surface area (Å²) in [6.45, 7) is 0. The van der Waals surface area contributed by atoms with Gasteiger partial charge in [-0.2, -0.15) is 15.4 Å². The Morgan fingerprint density at radius 1 is 1.32 bits per heavy atom. The lowest BCUT2D eigenvalue weighted by Crippen LogP contribution is -2.23. The summed E-state index contributed by atoms with van der Waals surface area (Å²) in [5.74, 6) is -0.0696. The number of aliphatic carboxylic acids is 1. The van der Waals surface area contributed by atoms with Crippen LogP contribution in [0.5, 0.6) is 0 Å². The highest BCUT2D eigenvalue weighted by Crippen LogP contribution is 2.49. The maximum absolute atomic E-state index is 10.7. The van der Waals surface area contributed by atoms with Gasteiger partial charge in [0.1, 0.15) is 11.0 Å². The van der Waals surface area contributed by atoms with Crippen LogP contribution in [0.2, 0.25) is 0 Å². The van der Waals surface area contributed by atoms with E-state index in [1.165, 1.54) is 0 Å². The molecule has 2 aromatic rings. The number of aromatic amines is 1. The van der Waals surface area contributed by atoms with E-state index in [0.29, 0.717) is 5.92 Å². The molecule has 0 amide bonds. The van der Waals surface area contributed by atoms with E-state index in [0.717, 1.165) is 30.3 Å². The Labute approximate surface area is 110 Å². The molecule has 0 aliphatic heterocycles. The average molecular weight is 257 g/mol. The topological polar surface area (TPSA) is 78.9 Å². The first kappa shape index (κ1) is 11.9. The number of hydrogen-bond donors (Lipinski definition) is 2. The first-order valence-electron chi connectivity index (χ1n) is 6.38. The van der Waals surface area contributed by atoms with Gasteiger partial charge >= 0.3 is 5.97 Å². The molecule has 1 aromatic carbocycles. The molecule has 1 heterocycles. The van der Waals surface area contributed by atoms with Crippen LogP contribution in [0.15, 0.2) is 36.4 Å². The van der Waals surface area contributed by atoms with Crippen LogP contribution in [0.1, 0.15) is 19.3 Å². The van der Waals surface area contributed by atoms with Gasteiger partial charge in [-0.1, -0.05) is 24.3 Å². The fraction of sp³-hybridized carbons (Fsp3) is 0.357. The zero-order chi connectivity index (χ0) is 13.3. The molecule has 0 spiro atoms. The van der Waals surface area contributed by atoms with Crippen molar-refractivity contribution >= 4 is 17.0 Å². The van der Waals surface area contributed by atoms with Crippen molar-refractivity contribution in [1.82, 2.24) is 15.4 Å². The van der Waals surface area contributed by atoms with Crippen molar-refractivity contribution in [3.63, 3.8) is 0 Å². The zero-order valence-electron chi connectivity index (χ0n) is 10.4. The standard InChI is InChI=1S/C8H10O2.C6H5N3/c9-7(10)8-3-1-6(5-8)2-4-8;1-2-4-6-5(3-1)7-9-8-6/h1,3,6H,2,4-5H2,(H,9,10);1-4H,(H,7,8,9). The normalized spacial score (nSPS) is 27.3. The lowest BCUT2D eigenvalue weighted by Gasteiger charge is -2.15. The van der Waals surface area contributed by atoms with Gasteiger partial charge in [-0.05, 0) is 37.3 Å². The third-order valence-corrected chi connectivity index (χ3v) is 3.92. The van der Waals surface area contributed by atoms with E-state index in [-0.39, 0.29) is 0 Å². The van der Waals surface area contributed by atoms with Crippen LogP contribution in [0.4, 0.5) is 0 Å². The maximum Gasteiger partial charge on any atom is 0.313 e. The molecule has 2 N–H and O–H groups in total. The average Bonchev–Trinajstić information content (AvgIpc) is 3.15. The summed E-state index contributed by atoms with van der Waals surface area (Å²) in [7, 11) is 0. The third-order valence-electron chi connectivity index (χ3n) is 3.92. The Bertz CT molecular complexity index is 604. The van der Waals surface area contributed by atoms with Crippen LogP contribution in [-0.4, -0.2) is 26.5 Å². The number of aromatic nitrogens is 3. The molecule has 1 fully saturated rings. The summed E-state index contributed by atoms with van der Waals surface area (Å²) in [6.07, 6.45) is 6.70. The van der Waals surface area contributed by atoms with Gasteiger partial charge in [0, 0.05) is 0 Å². The first-order chi connectivity index (χ1) is 9.20. The predicted molar refractivity (Wildman–Crippen MR) is 70.4 cm³/mol. The number of carboxylic acid groups (broad SMARTS) is 1. The van der Waals surface area contributed by atoms with Crippen LogP contribution in [-0.2, 0) is 4.79 Å². The van der Waals surface area contributed by atoms with Crippen molar-refractivity contribution in [2.24, 2.45) is 11.3 Å². The molecule has 2 bridgehead atoms. The maximum atomic E-state index is 10.7. The fourth-order valence-electron chi connectivity index (χ4n) is 2.80. The van der Waals surface area contributed by atoms with E-state index < -0.39 is 11.4 Å². The zero-order valence-corrected chi connectivity index (χ0v) is 10.4. The van der Waals surface area contributed by atoms with Gasteiger partial charge in [0.2, 0.25) is 0 Å². The summed E-state index contributed by atoms with van der Waals surface area (Å²) < 4.78 is 0. The minimum absolute atomic E-state index is 0.454. The third kappa shape index (κ3) is 2.12. The van der Waals surface area contributed by atoms with Crippen LogP contribution >= 0.6 is 0 Å². The molecule has 2 unspecified atom stereocenters. The SMILES string of the molecule is O=C(O)C12C=CC(CC1)C2.c1ccc2n[nH]nc2c1. The quantitative estimate of drug-likeness (QED) is 0.769. The molecule has 2 aliphatic carbocycles. The van der Waals surface area contributed by atoms with Gasteiger partial charge in [-0.25, -0.2) is 0 Å². The van der Waals surface area contributed by atoms with Crippen molar-refractivity contribution < 1.29 is 9.90 Å². The number of hydrogen-bond acceptors (Lipinski definition) is 3. The fourth-order valence-corrected chi connectivity index (χ4v) is 2.80. The number of H-pyrrole nitrogens is 1. The number of fused-ring (bicyclic) bond motifs is 3. The second kappa shape index (κ2) is 4.50. The van der Waals surface area contributed by atoms with Crippen molar-refractivity contribution in [3.8, 4) is 0 Å². The Hall–Kier alpha value is -2.17. The summed E-state index contributed by atoms with van der Waals surface area (Å²) in [5, 5.41) is 19.1. The Kier molecular flexibility index (Phi) is 2.81. The van der Waals surface area contributed by atoms with Crippen molar-refractivity contribution in [2.45, 2.75) is 19.3 Å². The second-order valence-corrected chi connectivity index (χ2v) is 5.14. The molecule has 19 heavy (non-hydrogen) atoms. The largest absolute Gasteiger partial charge is 0.481 e. The Morgan fingerprint density at radius 3 is 2.37 bits per heavy atom. The van der Waals surface area contributed by atoms with Crippen LogP contribution in [0, 0.1) is 11.3 Å². The molecule has 4 rings (SSSR count). The lowest BCUT2D eigenvalue weighted by molar-refractivity contribution is -0.145. The smallest absolute Gasteiger partial charge is 0.313 e. The molecule has 0 radical (unpaired) electrons. The van der Waals surface area contributed by atoms with Crippen molar-refractivity contribution in [2.75, 3.05) is 0 Å². The molecule has 5 heteroatoms. The lowest BCUT2D eigenvalue weighted by atomic mass is 9.88. The summed E-state index contributed by atoms with van der Waals surface area (Å²) >= 11 is 0. The molecular formula is C14H15N3O2. The van der Waals surface area contributed by atoms with Crippen LogP contribution < -0.4 is 0 Å². The number of benzene rings is 1. The van der Waals surface area contributed by atoms with Gasteiger partial charge in [0.15, 0.2) is 0 Å². The van der Waals surface area contributed by atoms with Gasteiger partial charge in [0.25, 0.3) is 0 Å². The summed E-state index contributed by atoms with van der Waals surface area (Å²) in [4.78, 5) is 10.7. The van der Waals surface area contributed by atoms with Gasteiger partial charge < -0.3 is 5.11 Å². The van der Waals surface area contributed by atoms with Crippen LogP contribution in [0.3, 0.4) is 0 Å². The van der Waals surface area contributed by atoms with Crippen molar-refractivity contribution in [1.29, 1.82) is 0 Å². The van der Waals surface area contributed by atoms with Crippen molar-refractivity contribution in [3.05, 3.63) is 36.4 Å². The molecule has 2 atom stereocenters. The number of nitrogens with zero attached hydrogens (tertiary/aromatic N) is 2. The van der Waals surface area contributed by atoms with Gasteiger partial charge in [-0.15, -0.1) is 0 Å². The van der Waals surface area contributed by atoms with E-state index in [2.05, 4.69) is 21.5 Å². The number of carboxylic acids is 1. The summed E-state index contributed by atoms with van der Waals surface area (Å²) in [6, 6.07) is 7.70. The first-order valence-corrected chi connectivity index (χ1v) is 6.38. The Morgan fingerprint density at radius 2 is 2.00 bits per heavy atom. The molecule has 2 aliphatic rings. The Balaban J connectivity index is 0.000000117. The van der Waals surface area contributed by atoms with Crippen LogP contribution in [0.25, 0.3) is 11.0 Å². The highest BCUT2D eigenvalue weighted by atomic mass is 16.4. The molecule has 98 valence electrons. The number of rotatable bonds is 1. The number of para-hydroxylation sites is 2. The minimum atomic E-state index is -0.635. The predicted octanol–water partition coefficient (Wildman–Crippen LogP) is 2.39.